The molecule has 1 heterocycles. The molecule has 0 aliphatic carbocycles. The van der Waals surface area contributed by atoms with Gasteiger partial charge in [-0.1, -0.05) is 36.8 Å². The largest absolute Gasteiger partial charge is 0.355 e. The Hall–Kier alpha value is -1.06. The van der Waals surface area contributed by atoms with E-state index in [0.29, 0.717) is 0 Å². The summed E-state index contributed by atoms with van der Waals surface area (Å²) in [4.78, 5) is 12.6. The second kappa shape index (κ2) is 7.47. The van der Waals surface area contributed by atoms with E-state index in [-0.39, 0.29) is 23.7 Å². The molecule has 0 aromatic heterocycles. The number of benzene rings is 1. The average molecular weight is 325 g/mol. The number of aryl methyl sites for hydroxylation is 1. The van der Waals surface area contributed by atoms with Crippen LogP contribution in [0.4, 0.5) is 0 Å². The fourth-order valence-corrected chi connectivity index (χ4v) is 2.82. The number of hydrogen-bond acceptors (Lipinski definition) is 2. The lowest BCUT2D eigenvalue weighted by molar-refractivity contribution is -0.126. The van der Waals surface area contributed by atoms with Crippen molar-refractivity contribution in [3.8, 4) is 0 Å². The molecule has 0 spiro atoms. The standard InChI is InChI=1S/C18H28N2O.ClH/c1-14-5-7-15(8-6-14)17(2,3)16(21)20-13-18(4)9-11-19-12-10-18;/h5-8,19H,9-13H2,1-4H3,(H,20,21);1H. The van der Waals surface area contributed by atoms with Gasteiger partial charge in [0.25, 0.3) is 0 Å². The Labute approximate surface area is 140 Å². The molecule has 3 nitrogen and oxygen atoms in total. The van der Waals surface area contributed by atoms with Gasteiger partial charge < -0.3 is 10.6 Å². The van der Waals surface area contributed by atoms with Crippen LogP contribution in [-0.4, -0.2) is 25.5 Å². The van der Waals surface area contributed by atoms with E-state index < -0.39 is 5.41 Å². The van der Waals surface area contributed by atoms with E-state index in [0.717, 1.165) is 38.0 Å². The minimum absolute atomic E-state index is 0. The van der Waals surface area contributed by atoms with Crippen LogP contribution in [0.3, 0.4) is 0 Å². The fourth-order valence-electron chi connectivity index (χ4n) is 2.82. The third kappa shape index (κ3) is 4.47. The number of amides is 1. The average Bonchev–Trinajstić information content (AvgIpc) is 2.46. The van der Waals surface area contributed by atoms with E-state index in [1.54, 1.807) is 0 Å². The Kier molecular flexibility index (Phi) is 6.45. The van der Waals surface area contributed by atoms with Crippen molar-refractivity contribution in [3.05, 3.63) is 35.4 Å². The van der Waals surface area contributed by atoms with Gasteiger partial charge in [-0.15, -0.1) is 12.4 Å². The highest BCUT2D eigenvalue weighted by molar-refractivity contribution is 5.87. The minimum atomic E-state index is -0.489. The molecule has 0 unspecified atom stereocenters. The summed E-state index contributed by atoms with van der Waals surface area (Å²) < 4.78 is 0. The third-order valence-corrected chi connectivity index (χ3v) is 4.83. The zero-order chi connectivity index (χ0) is 15.5. The smallest absolute Gasteiger partial charge is 0.230 e. The lowest BCUT2D eigenvalue weighted by atomic mass is 9.79. The molecule has 0 atom stereocenters. The lowest BCUT2D eigenvalue weighted by Gasteiger charge is -2.35. The molecule has 2 N–H and O–H groups in total. The summed E-state index contributed by atoms with van der Waals surface area (Å²) in [5.74, 6) is 0.117. The van der Waals surface area contributed by atoms with E-state index in [4.69, 9.17) is 0 Å². The SMILES string of the molecule is Cc1ccc(C(C)(C)C(=O)NCC2(C)CCNCC2)cc1.Cl. The number of hydrogen-bond donors (Lipinski definition) is 2. The van der Waals surface area contributed by atoms with Crippen molar-refractivity contribution in [2.75, 3.05) is 19.6 Å². The molecule has 1 aromatic rings. The van der Waals surface area contributed by atoms with Crippen LogP contribution in [0.1, 0.15) is 44.7 Å². The van der Waals surface area contributed by atoms with Crippen LogP contribution in [0.5, 0.6) is 0 Å². The highest BCUT2D eigenvalue weighted by Crippen LogP contribution is 2.28. The molecule has 1 aliphatic heterocycles. The van der Waals surface area contributed by atoms with Crippen LogP contribution in [-0.2, 0) is 10.2 Å². The summed E-state index contributed by atoms with van der Waals surface area (Å²) in [5.41, 5.74) is 2.03. The van der Waals surface area contributed by atoms with Crippen LogP contribution in [0.2, 0.25) is 0 Å². The Bertz CT molecular complexity index is 490. The Morgan fingerprint density at radius 3 is 2.32 bits per heavy atom. The van der Waals surface area contributed by atoms with E-state index in [1.807, 2.05) is 13.8 Å². The van der Waals surface area contributed by atoms with Gasteiger partial charge in [-0.2, -0.15) is 0 Å². The molecule has 1 aromatic carbocycles. The maximum Gasteiger partial charge on any atom is 0.230 e. The molecular formula is C18H29ClN2O. The molecule has 1 fully saturated rings. The molecule has 22 heavy (non-hydrogen) atoms. The first kappa shape index (κ1) is 19.0. The first-order chi connectivity index (χ1) is 9.83. The van der Waals surface area contributed by atoms with Crippen LogP contribution < -0.4 is 10.6 Å². The maximum atomic E-state index is 12.6. The zero-order valence-corrected chi connectivity index (χ0v) is 15.0. The summed E-state index contributed by atoms with van der Waals surface area (Å²) in [6.07, 6.45) is 2.25. The van der Waals surface area contributed by atoms with Gasteiger partial charge in [0.2, 0.25) is 5.91 Å². The molecule has 0 saturated carbocycles. The van der Waals surface area contributed by atoms with Crippen LogP contribution in [0, 0.1) is 12.3 Å². The van der Waals surface area contributed by atoms with Gasteiger partial charge in [0.1, 0.15) is 0 Å². The molecule has 1 saturated heterocycles. The van der Waals surface area contributed by atoms with E-state index in [1.165, 1.54) is 5.56 Å². The van der Waals surface area contributed by atoms with Crippen molar-refractivity contribution < 1.29 is 4.79 Å². The zero-order valence-electron chi connectivity index (χ0n) is 14.2. The molecule has 1 aliphatic rings. The van der Waals surface area contributed by atoms with Crippen molar-refractivity contribution in [2.24, 2.45) is 5.41 Å². The van der Waals surface area contributed by atoms with Crippen molar-refractivity contribution in [1.82, 2.24) is 10.6 Å². The summed E-state index contributed by atoms with van der Waals surface area (Å²) >= 11 is 0. The minimum Gasteiger partial charge on any atom is -0.355 e. The number of halogens is 1. The monoisotopic (exact) mass is 324 g/mol. The molecule has 0 radical (unpaired) electrons. The Balaban J connectivity index is 0.00000242. The molecule has 4 heteroatoms. The first-order valence-corrected chi connectivity index (χ1v) is 7.90. The summed E-state index contributed by atoms with van der Waals surface area (Å²) in [5, 5.41) is 6.56. The Morgan fingerprint density at radius 1 is 1.23 bits per heavy atom. The van der Waals surface area contributed by atoms with Gasteiger partial charge in [0, 0.05) is 6.54 Å². The fraction of sp³-hybridized carbons (Fsp3) is 0.611. The highest BCUT2D eigenvalue weighted by Gasteiger charge is 2.32. The van der Waals surface area contributed by atoms with Gasteiger partial charge in [-0.05, 0) is 57.7 Å². The lowest BCUT2D eigenvalue weighted by Crippen LogP contribution is -2.47. The summed E-state index contributed by atoms with van der Waals surface area (Å²) in [6.45, 7) is 11.2. The van der Waals surface area contributed by atoms with E-state index in [9.17, 15) is 4.79 Å². The number of carbonyl (C=O) groups is 1. The number of rotatable bonds is 4. The number of piperidine rings is 1. The molecular weight excluding hydrogens is 296 g/mol. The molecule has 124 valence electrons. The number of carbonyl (C=O) groups excluding carboxylic acids is 1. The maximum absolute atomic E-state index is 12.6. The third-order valence-electron chi connectivity index (χ3n) is 4.83. The Morgan fingerprint density at radius 2 is 1.77 bits per heavy atom. The van der Waals surface area contributed by atoms with Gasteiger partial charge in [0.15, 0.2) is 0 Å². The van der Waals surface area contributed by atoms with Gasteiger partial charge in [-0.3, -0.25) is 4.79 Å². The predicted octanol–water partition coefficient (Wildman–Crippen LogP) is 3.20. The van der Waals surface area contributed by atoms with Crippen molar-refractivity contribution in [3.63, 3.8) is 0 Å². The predicted molar refractivity (Wildman–Crippen MR) is 94.7 cm³/mol. The van der Waals surface area contributed by atoms with Crippen LogP contribution in [0.15, 0.2) is 24.3 Å². The topological polar surface area (TPSA) is 41.1 Å². The quantitative estimate of drug-likeness (QED) is 0.893. The van der Waals surface area contributed by atoms with E-state index in [2.05, 4.69) is 48.7 Å². The molecule has 1 amide bonds. The van der Waals surface area contributed by atoms with Gasteiger partial charge in [-0.25, -0.2) is 0 Å². The molecule has 2 rings (SSSR count). The van der Waals surface area contributed by atoms with Crippen LogP contribution >= 0.6 is 12.4 Å². The van der Waals surface area contributed by atoms with Crippen molar-refractivity contribution in [1.29, 1.82) is 0 Å². The summed E-state index contributed by atoms with van der Waals surface area (Å²) in [7, 11) is 0. The van der Waals surface area contributed by atoms with Crippen molar-refractivity contribution >= 4 is 18.3 Å². The van der Waals surface area contributed by atoms with Gasteiger partial charge in [0.05, 0.1) is 5.41 Å². The first-order valence-electron chi connectivity index (χ1n) is 7.90. The summed E-state index contributed by atoms with van der Waals surface area (Å²) in [6, 6.07) is 8.25. The van der Waals surface area contributed by atoms with Crippen molar-refractivity contribution in [2.45, 2.75) is 46.0 Å². The van der Waals surface area contributed by atoms with Crippen LogP contribution in [0.25, 0.3) is 0 Å². The second-order valence-electron chi connectivity index (χ2n) is 7.23. The van der Waals surface area contributed by atoms with Gasteiger partial charge >= 0.3 is 0 Å². The normalized spacial score (nSPS) is 17.5. The highest BCUT2D eigenvalue weighted by atomic mass is 35.5. The molecule has 0 bridgehead atoms. The number of nitrogens with one attached hydrogen (secondary N) is 2. The second-order valence-corrected chi connectivity index (χ2v) is 7.23. The van der Waals surface area contributed by atoms with E-state index >= 15 is 0 Å².